The predicted molar refractivity (Wildman–Crippen MR) is 108 cm³/mol. The second-order valence-corrected chi connectivity index (χ2v) is 7.05. The summed E-state index contributed by atoms with van der Waals surface area (Å²) < 4.78 is 6.27. The van der Waals surface area contributed by atoms with Gasteiger partial charge in [0.05, 0.1) is 11.8 Å². The van der Waals surface area contributed by atoms with Gasteiger partial charge in [-0.1, -0.05) is 36.4 Å². The quantitative estimate of drug-likeness (QED) is 0.450. The van der Waals surface area contributed by atoms with E-state index in [9.17, 15) is 0 Å². The van der Waals surface area contributed by atoms with Gasteiger partial charge in [-0.2, -0.15) is 0 Å². The summed E-state index contributed by atoms with van der Waals surface area (Å²) in [6.45, 7) is 2.06. The van der Waals surface area contributed by atoms with E-state index in [-0.39, 0.29) is 6.04 Å². The number of rotatable bonds is 1. The lowest BCUT2D eigenvalue weighted by molar-refractivity contribution is 0.669. The summed E-state index contributed by atoms with van der Waals surface area (Å²) in [4.78, 5) is 8.75. The fourth-order valence-electron chi connectivity index (χ4n) is 4.32. The van der Waals surface area contributed by atoms with E-state index in [2.05, 4.69) is 71.5 Å². The van der Waals surface area contributed by atoms with Crippen molar-refractivity contribution in [2.24, 2.45) is 9.98 Å². The summed E-state index contributed by atoms with van der Waals surface area (Å²) >= 11 is 0. The Kier molecular flexibility index (Phi) is 2.65. The lowest BCUT2D eigenvalue weighted by Gasteiger charge is -2.13. The Morgan fingerprint density at radius 2 is 2.00 bits per heavy atom. The Hall–Kier alpha value is -3.20. The lowest BCUT2D eigenvalue weighted by atomic mass is 9.90. The highest BCUT2D eigenvalue weighted by atomic mass is 16.3. The van der Waals surface area contributed by atoms with E-state index >= 15 is 0 Å². The zero-order valence-electron chi connectivity index (χ0n) is 14.4. The van der Waals surface area contributed by atoms with Crippen molar-refractivity contribution in [1.82, 2.24) is 0 Å². The van der Waals surface area contributed by atoms with Crippen molar-refractivity contribution >= 4 is 50.8 Å². The van der Waals surface area contributed by atoms with Crippen LogP contribution in [0.5, 0.6) is 0 Å². The molecule has 1 aliphatic carbocycles. The topological polar surface area (TPSA) is 37.9 Å². The molecule has 0 radical (unpaired) electrons. The predicted octanol–water partition coefficient (Wildman–Crippen LogP) is 5.53. The number of fused-ring (bicyclic) bond motifs is 4. The summed E-state index contributed by atoms with van der Waals surface area (Å²) in [6.07, 6.45) is 7.13. The first-order valence-corrected chi connectivity index (χ1v) is 8.97. The number of allylic oxidation sites excluding steroid dienone is 1. The van der Waals surface area contributed by atoms with Crippen molar-refractivity contribution in [1.29, 1.82) is 0 Å². The molecule has 0 bridgehead atoms. The van der Waals surface area contributed by atoms with E-state index in [1.54, 1.807) is 6.34 Å². The molecule has 2 aliphatic rings. The van der Waals surface area contributed by atoms with Crippen LogP contribution in [0.15, 0.2) is 62.9 Å². The van der Waals surface area contributed by atoms with E-state index in [1.165, 1.54) is 27.3 Å². The molecule has 2 heterocycles. The lowest BCUT2D eigenvalue weighted by Crippen LogP contribution is -2.12. The van der Waals surface area contributed by atoms with E-state index in [4.69, 9.17) is 4.42 Å². The Bertz CT molecular complexity index is 1320. The van der Waals surface area contributed by atoms with Gasteiger partial charge in [-0.25, -0.2) is 4.99 Å². The number of hydrogen-bond acceptors (Lipinski definition) is 3. The molecule has 0 amide bonds. The Labute approximate surface area is 150 Å². The van der Waals surface area contributed by atoms with Gasteiger partial charge >= 0.3 is 0 Å². The van der Waals surface area contributed by atoms with Gasteiger partial charge in [0.15, 0.2) is 0 Å². The van der Waals surface area contributed by atoms with Crippen LogP contribution in [0.2, 0.25) is 0 Å². The molecule has 1 unspecified atom stereocenters. The molecule has 3 aromatic carbocycles. The van der Waals surface area contributed by atoms with Crippen molar-refractivity contribution in [3.8, 4) is 0 Å². The molecule has 1 aromatic heterocycles. The fourth-order valence-corrected chi connectivity index (χ4v) is 4.32. The molecule has 4 aromatic rings. The van der Waals surface area contributed by atoms with E-state index < -0.39 is 0 Å². The Morgan fingerprint density at radius 1 is 1.04 bits per heavy atom. The molecule has 0 saturated carbocycles. The van der Waals surface area contributed by atoms with Crippen LogP contribution < -0.4 is 0 Å². The summed E-state index contributed by atoms with van der Waals surface area (Å²) in [7, 11) is 0. The second-order valence-electron chi connectivity index (χ2n) is 7.05. The molecular formula is C23H16N2O. The maximum atomic E-state index is 6.27. The SMILES string of the molecule is CC1N=CN=C1c1ccc2c(c1)oc1cc3cccc4c3c(c12)C=CC4. The second kappa shape index (κ2) is 4.92. The summed E-state index contributed by atoms with van der Waals surface area (Å²) in [5.74, 6) is 0. The van der Waals surface area contributed by atoms with Crippen molar-refractivity contribution in [3.05, 3.63) is 65.2 Å². The Morgan fingerprint density at radius 3 is 2.88 bits per heavy atom. The first-order valence-electron chi connectivity index (χ1n) is 8.97. The van der Waals surface area contributed by atoms with Gasteiger partial charge in [-0.05, 0) is 53.4 Å². The van der Waals surface area contributed by atoms with Crippen LogP contribution in [0.4, 0.5) is 0 Å². The molecule has 0 fully saturated rings. The molecular weight excluding hydrogens is 320 g/mol. The smallest absolute Gasteiger partial charge is 0.136 e. The number of nitrogens with zero attached hydrogens (tertiary/aromatic N) is 2. The number of aliphatic imine (C=N–C) groups is 2. The molecule has 0 spiro atoms. The van der Waals surface area contributed by atoms with Crippen LogP contribution in [-0.4, -0.2) is 18.1 Å². The van der Waals surface area contributed by atoms with E-state index in [0.29, 0.717) is 0 Å². The van der Waals surface area contributed by atoms with Gasteiger partial charge in [0.1, 0.15) is 17.5 Å². The zero-order valence-corrected chi connectivity index (χ0v) is 14.4. The van der Waals surface area contributed by atoms with Crippen LogP contribution in [-0.2, 0) is 6.42 Å². The standard InChI is InChI=1S/C23H16N2O/c1-13-23(25-12-24-13)16-8-9-17-19(11-16)26-20-10-15-6-2-4-14-5-3-7-18(21(14)15)22(17)20/h2-4,6-13H,5H2,1H3. The largest absolute Gasteiger partial charge is 0.456 e. The van der Waals surface area contributed by atoms with Crippen LogP contribution >= 0.6 is 0 Å². The molecule has 6 rings (SSSR count). The average Bonchev–Trinajstić information content (AvgIpc) is 3.24. The number of hydrogen-bond donors (Lipinski definition) is 0. The van der Waals surface area contributed by atoms with E-state index in [0.717, 1.165) is 34.2 Å². The van der Waals surface area contributed by atoms with Crippen LogP contribution in [0.1, 0.15) is 23.6 Å². The maximum absolute atomic E-state index is 6.27. The Balaban J connectivity index is 1.69. The van der Waals surface area contributed by atoms with Crippen molar-refractivity contribution in [3.63, 3.8) is 0 Å². The molecule has 1 atom stereocenters. The van der Waals surface area contributed by atoms with Crippen molar-refractivity contribution < 1.29 is 4.42 Å². The normalized spacial score (nSPS) is 18.3. The highest BCUT2D eigenvalue weighted by Crippen LogP contribution is 2.40. The minimum absolute atomic E-state index is 0.103. The summed E-state index contributed by atoms with van der Waals surface area (Å²) in [5.41, 5.74) is 6.60. The third-order valence-corrected chi connectivity index (χ3v) is 5.53. The van der Waals surface area contributed by atoms with Crippen molar-refractivity contribution in [2.45, 2.75) is 19.4 Å². The maximum Gasteiger partial charge on any atom is 0.136 e. The third kappa shape index (κ3) is 1.77. The highest BCUT2D eigenvalue weighted by Gasteiger charge is 2.20. The van der Waals surface area contributed by atoms with E-state index in [1.807, 2.05) is 0 Å². The molecule has 3 heteroatoms. The third-order valence-electron chi connectivity index (χ3n) is 5.53. The molecule has 124 valence electrons. The first kappa shape index (κ1) is 14.0. The van der Waals surface area contributed by atoms with Gasteiger partial charge < -0.3 is 4.42 Å². The molecule has 0 saturated heterocycles. The number of furan rings is 1. The van der Waals surface area contributed by atoms with Gasteiger partial charge in [0.2, 0.25) is 0 Å². The summed E-state index contributed by atoms with van der Waals surface area (Å²) in [5, 5.41) is 4.97. The fraction of sp³-hybridized carbons (Fsp3) is 0.130. The van der Waals surface area contributed by atoms with Crippen molar-refractivity contribution in [2.75, 3.05) is 0 Å². The van der Waals surface area contributed by atoms with Gasteiger partial charge in [0.25, 0.3) is 0 Å². The zero-order chi connectivity index (χ0) is 17.3. The highest BCUT2D eigenvalue weighted by molar-refractivity contribution is 6.18. The molecule has 1 aliphatic heterocycles. The minimum Gasteiger partial charge on any atom is -0.456 e. The monoisotopic (exact) mass is 336 g/mol. The minimum atomic E-state index is 0.103. The van der Waals surface area contributed by atoms with Crippen LogP contribution in [0.3, 0.4) is 0 Å². The molecule has 26 heavy (non-hydrogen) atoms. The van der Waals surface area contributed by atoms with Crippen LogP contribution in [0, 0.1) is 0 Å². The summed E-state index contributed by atoms with van der Waals surface area (Å²) in [6, 6.07) is 15.2. The van der Waals surface area contributed by atoms with Crippen LogP contribution in [0.25, 0.3) is 38.8 Å². The molecule has 3 nitrogen and oxygen atoms in total. The average molecular weight is 336 g/mol. The van der Waals surface area contributed by atoms with Gasteiger partial charge in [-0.3, -0.25) is 4.99 Å². The first-order chi connectivity index (χ1) is 12.8. The van der Waals surface area contributed by atoms with Gasteiger partial charge in [0, 0.05) is 16.3 Å². The number of benzene rings is 3. The van der Waals surface area contributed by atoms with Gasteiger partial charge in [-0.15, -0.1) is 0 Å². The molecule has 0 N–H and O–H groups in total.